The van der Waals surface area contributed by atoms with Crippen molar-refractivity contribution >= 4 is 29.1 Å². The van der Waals surface area contributed by atoms with E-state index in [0.717, 1.165) is 18.1 Å². The topological polar surface area (TPSA) is 15.3 Å². The molecule has 1 N–H and O–H groups in total. The van der Waals surface area contributed by atoms with Gasteiger partial charge in [-0.1, -0.05) is 30.7 Å². The van der Waals surface area contributed by atoms with Gasteiger partial charge in [0.05, 0.1) is 10.7 Å². The lowest BCUT2D eigenvalue weighted by Crippen LogP contribution is -2.45. The van der Waals surface area contributed by atoms with Crippen LogP contribution in [0, 0.1) is 0 Å². The highest BCUT2D eigenvalue weighted by atomic mass is 35.5. The van der Waals surface area contributed by atoms with Gasteiger partial charge in [-0.15, -0.1) is 0 Å². The third-order valence-corrected chi connectivity index (χ3v) is 5.25. The number of halogens is 1. The molecule has 2 unspecified atom stereocenters. The summed E-state index contributed by atoms with van der Waals surface area (Å²) in [5.74, 6) is 1.18. The zero-order chi connectivity index (χ0) is 13.1. The molecular formula is C14H21ClN2S. The second-order valence-electron chi connectivity index (χ2n) is 4.79. The molecule has 2 atom stereocenters. The Bertz CT molecular complexity index is 411. The second-order valence-corrected chi connectivity index (χ2v) is 6.68. The minimum atomic E-state index is 0.527. The predicted molar refractivity (Wildman–Crippen MR) is 82.9 cm³/mol. The molecule has 1 aromatic rings. The molecule has 0 radical (unpaired) electrons. The first-order valence-electron chi connectivity index (χ1n) is 6.45. The zero-order valence-electron chi connectivity index (χ0n) is 11.2. The minimum Gasteiger partial charge on any atom is -0.365 e. The van der Waals surface area contributed by atoms with Gasteiger partial charge in [-0.3, -0.25) is 0 Å². The summed E-state index contributed by atoms with van der Waals surface area (Å²) in [6.07, 6.45) is 0. The number of benzene rings is 1. The number of nitrogens with one attached hydrogen (secondary N) is 1. The van der Waals surface area contributed by atoms with Gasteiger partial charge in [0.15, 0.2) is 0 Å². The van der Waals surface area contributed by atoms with Gasteiger partial charge in [-0.25, -0.2) is 0 Å². The van der Waals surface area contributed by atoms with Gasteiger partial charge in [-0.05, 0) is 25.6 Å². The van der Waals surface area contributed by atoms with Crippen LogP contribution in [0.2, 0.25) is 5.02 Å². The largest absolute Gasteiger partial charge is 0.365 e. The average molecular weight is 285 g/mol. The Labute approximate surface area is 119 Å². The normalized spacial score (nSPS) is 24.3. The molecule has 1 aliphatic rings. The Hall–Kier alpha value is -0.380. The Morgan fingerprint density at radius 3 is 2.94 bits per heavy atom. The first kappa shape index (κ1) is 14.0. The molecule has 0 aliphatic carbocycles. The van der Waals surface area contributed by atoms with Crippen LogP contribution in [-0.4, -0.2) is 30.6 Å². The SMILES string of the molecule is CNCc1cccc(Cl)c1N1CCSC(C)C1C. The molecule has 2 nitrogen and oxygen atoms in total. The lowest BCUT2D eigenvalue weighted by atomic mass is 10.1. The van der Waals surface area contributed by atoms with Crippen LogP contribution in [0.4, 0.5) is 5.69 Å². The molecule has 1 saturated heterocycles. The van der Waals surface area contributed by atoms with Crippen LogP contribution in [0.5, 0.6) is 0 Å². The molecule has 18 heavy (non-hydrogen) atoms. The maximum atomic E-state index is 6.44. The number of thioether (sulfide) groups is 1. The first-order chi connectivity index (χ1) is 8.65. The van der Waals surface area contributed by atoms with E-state index in [0.29, 0.717) is 11.3 Å². The standard InChI is InChI=1S/C14H21ClN2S/c1-10-11(2)18-8-7-17(10)14-12(9-16-3)5-4-6-13(14)15/h4-6,10-11,16H,7-9H2,1-3H3. The Morgan fingerprint density at radius 1 is 1.44 bits per heavy atom. The van der Waals surface area contributed by atoms with Crippen molar-refractivity contribution in [2.45, 2.75) is 31.7 Å². The quantitative estimate of drug-likeness (QED) is 0.916. The fourth-order valence-electron chi connectivity index (χ4n) is 2.46. The van der Waals surface area contributed by atoms with Crippen molar-refractivity contribution in [2.24, 2.45) is 0 Å². The fraction of sp³-hybridized carbons (Fsp3) is 0.571. The van der Waals surface area contributed by atoms with E-state index in [1.165, 1.54) is 17.0 Å². The fourth-order valence-corrected chi connectivity index (χ4v) is 3.87. The van der Waals surface area contributed by atoms with Crippen molar-refractivity contribution in [3.8, 4) is 0 Å². The van der Waals surface area contributed by atoms with Gasteiger partial charge in [0.1, 0.15) is 0 Å². The van der Waals surface area contributed by atoms with E-state index in [1.54, 1.807) is 0 Å². The molecule has 0 spiro atoms. The van der Waals surface area contributed by atoms with Crippen LogP contribution in [0.25, 0.3) is 0 Å². The van der Waals surface area contributed by atoms with Gasteiger partial charge in [0.2, 0.25) is 0 Å². The third-order valence-electron chi connectivity index (χ3n) is 3.61. The zero-order valence-corrected chi connectivity index (χ0v) is 12.8. The smallest absolute Gasteiger partial charge is 0.0643 e. The van der Waals surface area contributed by atoms with E-state index >= 15 is 0 Å². The van der Waals surface area contributed by atoms with E-state index in [4.69, 9.17) is 11.6 Å². The number of rotatable bonds is 3. The van der Waals surface area contributed by atoms with Crippen molar-refractivity contribution in [2.75, 3.05) is 24.2 Å². The maximum absolute atomic E-state index is 6.44. The minimum absolute atomic E-state index is 0.527. The number of para-hydroxylation sites is 1. The maximum Gasteiger partial charge on any atom is 0.0643 e. The molecular weight excluding hydrogens is 264 g/mol. The van der Waals surface area contributed by atoms with Gasteiger partial charge < -0.3 is 10.2 Å². The Balaban J connectivity index is 2.36. The Kier molecular flexibility index (Phi) is 4.82. The predicted octanol–water partition coefficient (Wildman–Crippen LogP) is 3.39. The summed E-state index contributed by atoms with van der Waals surface area (Å²) in [7, 11) is 1.97. The molecule has 0 saturated carbocycles. The van der Waals surface area contributed by atoms with E-state index in [1.807, 2.05) is 30.9 Å². The first-order valence-corrected chi connectivity index (χ1v) is 7.88. The van der Waals surface area contributed by atoms with E-state index < -0.39 is 0 Å². The highest BCUT2D eigenvalue weighted by Gasteiger charge is 2.27. The lowest BCUT2D eigenvalue weighted by molar-refractivity contribution is 0.623. The molecule has 0 amide bonds. The summed E-state index contributed by atoms with van der Waals surface area (Å²) < 4.78 is 0. The molecule has 1 fully saturated rings. The van der Waals surface area contributed by atoms with Crippen LogP contribution in [-0.2, 0) is 6.54 Å². The summed E-state index contributed by atoms with van der Waals surface area (Å²) in [6.45, 7) is 6.54. The summed E-state index contributed by atoms with van der Waals surface area (Å²) in [5.41, 5.74) is 2.50. The molecule has 0 bridgehead atoms. The average Bonchev–Trinajstić information content (AvgIpc) is 2.34. The van der Waals surface area contributed by atoms with Crippen LogP contribution in [0.15, 0.2) is 18.2 Å². The van der Waals surface area contributed by atoms with Crippen LogP contribution >= 0.6 is 23.4 Å². The van der Waals surface area contributed by atoms with Crippen molar-refractivity contribution in [1.82, 2.24) is 5.32 Å². The number of hydrogen-bond donors (Lipinski definition) is 1. The molecule has 1 aromatic carbocycles. The second kappa shape index (κ2) is 6.18. The van der Waals surface area contributed by atoms with Crippen molar-refractivity contribution in [1.29, 1.82) is 0 Å². The molecule has 2 rings (SSSR count). The van der Waals surface area contributed by atoms with Crippen LogP contribution in [0.3, 0.4) is 0 Å². The molecule has 100 valence electrons. The molecule has 4 heteroatoms. The molecule has 1 heterocycles. The lowest BCUT2D eigenvalue weighted by Gasteiger charge is -2.40. The third kappa shape index (κ3) is 2.79. The van der Waals surface area contributed by atoms with Gasteiger partial charge in [0, 0.05) is 30.1 Å². The highest BCUT2D eigenvalue weighted by molar-refractivity contribution is 8.00. The number of anilines is 1. The summed E-state index contributed by atoms with van der Waals surface area (Å²) in [6, 6.07) is 6.72. The monoisotopic (exact) mass is 284 g/mol. The summed E-state index contributed by atoms with van der Waals surface area (Å²) >= 11 is 8.48. The molecule has 0 aromatic heterocycles. The van der Waals surface area contributed by atoms with Crippen LogP contribution < -0.4 is 10.2 Å². The summed E-state index contributed by atoms with van der Waals surface area (Å²) in [5, 5.41) is 4.75. The summed E-state index contributed by atoms with van der Waals surface area (Å²) in [4.78, 5) is 2.47. The number of nitrogens with zero attached hydrogens (tertiary/aromatic N) is 1. The molecule has 1 aliphatic heterocycles. The Morgan fingerprint density at radius 2 is 2.22 bits per heavy atom. The number of hydrogen-bond acceptors (Lipinski definition) is 3. The van der Waals surface area contributed by atoms with E-state index in [9.17, 15) is 0 Å². The highest BCUT2D eigenvalue weighted by Crippen LogP contribution is 2.36. The van der Waals surface area contributed by atoms with Crippen molar-refractivity contribution < 1.29 is 0 Å². The van der Waals surface area contributed by atoms with Crippen molar-refractivity contribution in [3.63, 3.8) is 0 Å². The van der Waals surface area contributed by atoms with E-state index in [2.05, 4.69) is 30.1 Å². The van der Waals surface area contributed by atoms with E-state index in [-0.39, 0.29) is 0 Å². The van der Waals surface area contributed by atoms with Gasteiger partial charge in [0.25, 0.3) is 0 Å². The van der Waals surface area contributed by atoms with Gasteiger partial charge in [-0.2, -0.15) is 11.8 Å². The van der Waals surface area contributed by atoms with Gasteiger partial charge >= 0.3 is 0 Å². The van der Waals surface area contributed by atoms with Crippen LogP contribution in [0.1, 0.15) is 19.4 Å². The van der Waals surface area contributed by atoms with Crippen molar-refractivity contribution in [3.05, 3.63) is 28.8 Å².